The Morgan fingerprint density at radius 1 is 1.30 bits per heavy atom. The molecular weight excluding hydrogens is 250 g/mol. The molecule has 1 heterocycles. The van der Waals surface area contributed by atoms with Gasteiger partial charge in [0.25, 0.3) is 0 Å². The van der Waals surface area contributed by atoms with E-state index in [0.717, 1.165) is 19.6 Å². The molecule has 0 bridgehead atoms. The van der Waals surface area contributed by atoms with Crippen molar-refractivity contribution < 1.29 is 9.53 Å². The average molecular weight is 273 g/mol. The predicted molar refractivity (Wildman–Crippen MR) is 78.1 cm³/mol. The highest BCUT2D eigenvalue weighted by Crippen LogP contribution is 2.36. The normalized spacial score (nSPS) is 23.6. The van der Waals surface area contributed by atoms with Crippen LogP contribution < -0.4 is 0 Å². The van der Waals surface area contributed by atoms with Gasteiger partial charge in [0.2, 0.25) is 5.91 Å². The smallest absolute Gasteiger partial charge is 0.228 e. The van der Waals surface area contributed by atoms with E-state index < -0.39 is 0 Å². The van der Waals surface area contributed by atoms with Crippen LogP contribution in [0.25, 0.3) is 0 Å². The zero-order valence-electron chi connectivity index (χ0n) is 12.1. The molecule has 2 aliphatic rings. The van der Waals surface area contributed by atoms with E-state index in [1.807, 2.05) is 18.2 Å². The molecule has 1 saturated heterocycles. The first-order chi connectivity index (χ1) is 9.75. The van der Waals surface area contributed by atoms with Crippen LogP contribution in [0, 0.1) is 11.8 Å². The van der Waals surface area contributed by atoms with Crippen molar-refractivity contribution in [2.24, 2.45) is 11.8 Å². The van der Waals surface area contributed by atoms with E-state index in [2.05, 4.69) is 24.0 Å². The summed E-state index contributed by atoms with van der Waals surface area (Å²) in [6.07, 6.45) is 3.41. The molecule has 0 radical (unpaired) electrons. The second-order valence-corrected chi connectivity index (χ2v) is 6.09. The van der Waals surface area contributed by atoms with Crippen LogP contribution in [0.3, 0.4) is 0 Å². The summed E-state index contributed by atoms with van der Waals surface area (Å²) in [5.41, 5.74) is 1.22. The van der Waals surface area contributed by atoms with Gasteiger partial charge in [0.15, 0.2) is 0 Å². The van der Waals surface area contributed by atoms with Crippen LogP contribution in [-0.4, -0.2) is 30.1 Å². The maximum atomic E-state index is 12.8. The molecule has 1 aliphatic carbocycles. The first-order valence-corrected chi connectivity index (χ1v) is 7.68. The Labute approximate surface area is 120 Å². The van der Waals surface area contributed by atoms with E-state index in [1.165, 1.54) is 18.4 Å². The lowest BCUT2D eigenvalue weighted by atomic mass is 10.0. The quantitative estimate of drug-likeness (QED) is 0.825. The third-order valence-corrected chi connectivity index (χ3v) is 4.55. The highest BCUT2D eigenvalue weighted by Gasteiger charge is 2.37. The summed E-state index contributed by atoms with van der Waals surface area (Å²) < 4.78 is 5.39. The lowest BCUT2D eigenvalue weighted by Crippen LogP contribution is -2.43. The number of nitrogens with zero attached hydrogens (tertiary/aromatic N) is 1. The fraction of sp³-hybridized carbons (Fsp3) is 0.588. The summed E-state index contributed by atoms with van der Waals surface area (Å²) in [5, 5.41) is 0. The fourth-order valence-electron chi connectivity index (χ4n) is 3.00. The molecular formula is C17H23NO2. The van der Waals surface area contributed by atoms with Crippen molar-refractivity contribution in [3.63, 3.8) is 0 Å². The molecule has 2 fully saturated rings. The van der Waals surface area contributed by atoms with Crippen molar-refractivity contribution in [2.75, 3.05) is 13.2 Å². The van der Waals surface area contributed by atoms with Crippen LogP contribution in [0.5, 0.6) is 0 Å². The molecule has 1 saturated carbocycles. The number of amides is 1. The van der Waals surface area contributed by atoms with Gasteiger partial charge >= 0.3 is 0 Å². The molecule has 2 atom stereocenters. The molecule has 3 rings (SSSR count). The Kier molecular flexibility index (Phi) is 4.06. The van der Waals surface area contributed by atoms with E-state index in [1.54, 1.807) is 0 Å². The third-order valence-electron chi connectivity index (χ3n) is 4.55. The number of benzene rings is 1. The predicted octanol–water partition coefficient (Wildman–Crippen LogP) is 2.85. The van der Waals surface area contributed by atoms with Gasteiger partial charge in [-0.3, -0.25) is 4.79 Å². The summed E-state index contributed by atoms with van der Waals surface area (Å²) in [6.45, 7) is 4.26. The largest absolute Gasteiger partial charge is 0.381 e. The zero-order valence-corrected chi connectivity index (χ0v) is 12.1. The average Bonchev–Trinajstić information content (AvgIpc) is 3.19. The second kappa shape index (κ2) is 5.96. The van der Waals surface area contributed by atoms with E-state index in [0.29, 0.717) is 18.6 Å². The molecule has 1 amide bonds. The molecule has 1 aliphatic heterocycles. The zero-order chi connectivity index (χ0) is 13.9. The number of carbonyl (C=O) groups is 1. The second-order valence-electron chi connectivity index (χ2n) is 6.09. The lowest BCUT2D eigenvalue weighted by Gasteiger charge is -2.31. The van der Waals surface area contributed by atoms with E-state index in [-0.39, 0.29) is 11.8 Å². The minimum atomic E-state index is 0.0694. The monoisotopic (exact) mass is 273 g/mol. The Bertz CT molecular complexity index is 449. The molecule has 1 aromatic carbocycles. The lowest BCUT2D eigenvalue weighted by molar-refractivity contribution is -0.138. The van der Waals surface area contributed by atoms with Crippen molar-refractivity contribution in [3.8, 4) is 0 Å². The molecule has 108 valence electrons. The number of ether oxygens (including phenoxy) is 1. The van der Waals surface area contributed by atoms with Crippen LogP contribution in [0.4, 0.5) is 0 Å². The van der Waals surface area contributed by atoms with Crippen molar-refractivity contribution >= 4 is 5.91 Å². The molecule has 3 heteroatoms. The first-order valence-electron chi connectivity index (χ1n) is 7.68. The minimum absolute atomic E-state index is 0.0694. The van der Waals surface area contributed by atoms with Gasteiger partial charge < -0.3 is 9.64 Å². The Morgan fingerprint density at radius 2 is 2.05 bits per heavy atom. The molecule has 0 spiro atoms. The van der Waals surface area contributed by atoms with Gasteiger partial charge in [-0.25, -0.2) is 0 Å². The SMILES string of the molecule is CC(C1CC1)N(Cc1ccccc1)C(=O)C1CCOC1. The Hall–Kier alpha value is -1.35. The highest BCUT2D eigenvalue weighted by atomic mass is 16.5. The molecule has 1 aromatic rings. The number of hydrogen-bond donors (Lipinski definition) is 0. The van der Waals surface area contributed by atoms with E-state index >= 15 is 0 Å². The van der Waals surface area contributed by atoms with Gasteiger partial charge in [0, 0.05) is 19.2 Å². The maximum Gasteiger partial charge on any atom is 0.228 e. The van der Waals surface area contributed by atoms with Crippen LogP contribution in [0.15, 0.2) is 30.3 Å². The van der Waals surface area contributed by atoms with Gasteiger partial charge in [-0.05, 0) is 37.7 Å². The van der Waals surface area contributed by atoms with Gasteiger partial charge in [-0.2, -0.15) is 0 Å². The molecule has 0 aromatic heterocycles. The van der Waals surface area contributed by atoms with Gasteiger partial charge in [0.05, 0.1) is 12.5 Å². The highest BCUT2D eigenvalue weighted by molar-refractivity contribution is 5.79. The summed E-state index contributed by atoms with van der Waals surface area (Å²) in [6, 6.07) is 10.7. The van der Waals surface area contributed by atoms with Crippen LogP contribution >= 0.6 is 0 Å². The number of carbonyl (C=O) groups excluding carboxylic acids is 1. The topological polar surface area (TPSA) is 29.5 Å². The first kappa shape index (κ1) is 13.6. The van der Waals surface area contributed by atoms with Gasteiger partial charge in [0.1, 0.15) is 0 Å². The summed E-state index contributed by atoms with van der Waals surface area (Å²) >= 11 is 0. The third kappa shape index (κ3) is 3.04. The van der Waals surface area contributed by atoms with Crippen molar-refractivity contribution in [1.29, 1.82) is 0 Å². The van der Waals surface area contributed by atoms with Crippen molar-refractivity contribution in [3.05, 3.63) is 35.9 Å². The molecule has 2 unspecified atom stereocenters. The van der Waals surface area contributed by atoms with Gasteiger partial charge in [-0.1, -0.05) is 30.3 Å². The Balaban J connectivity index is 1.74. The number of hydrogen-bond acceptors (Lipinski definition) is 2. The van der Waals surface area contributed by atoms with Crippen LogP contribution in [-0.2, 0) is 16.1 Å². The van der Waals surface area contributed by atoms with Crippen molar-refractivity contribution in [2.45, 2.75) is 38.8 Å². The van der Waals surface area contributed by atoms with E-state index in [9.17, 15) is 4.79 Å². The van der Waals surface area contributed by atoms with Crippen LogP contribution in [0.1, 0.15) is 31.7 Å². The molecule has 3 nitrogen and oxygen atoms in total. The Morgan fingerprint density at radius 3 is 2.65 bits per heavy atom. The van der Waals surface area contributed by atoms with E-state index in [4.69, 9.17) is 4.74 Å². The van der Waals surface area contributed by atoms with Gasteiger partial charge in [-0.15, -0.1) is 0 Å². The number of rotatable bonds is 5. The maximum absolute atomic E-state index is 12.8. The van der Waals surface area contributed by atoms with Crippen LogP contribution in [0.2, 0.25) is 0 Å². The summed E-state index contributed by atoms with van der Waals surface area (Å²) in [5.74, 6) is 1.05. The summed E-state index contributed by atoms with van der Waals surface area (Å²) in [4.78, 5) is 14.9. The molecule has 20 heavy (non-hydrogen) atoms. The molecule has 0 N–H and O–H groups in total. The summed E-state index contributed by atoms with van der Waals surface area (Å²) in [7, 11) is 0. The minimum Gasteiger partial charge on any atom is -0.381 e. The standard InChI is InChI=1S/C17H23NO2/c1-13(15-7-8-15)18(11-14-5-3-2-4-6-14)17(19)16-9-10-20-12-16/h2-6,13,15-16H,7-12H2,1H3. The van der Waals surface area contributed by atoms with Crippen molar-refractivity contribution in [1.82, 2.24) is 4.90 Å². The fourth-order valence-corrected chi connectivity index (χ4v) is 3.00.